The highest BCUT2D eigenvalue weighted by Gasteiger charge is 2.08. The minimum absolute atomic E-state index is 0.0869. The van der Waals surface area contributed by atoms with Gasteiger partial charge in [-0.1, -0.05) is 61.5 Å². The van der Waals surface area contributed by atoms with Crippen LogP contribution in [0.5, 0.6) is 0 Å². The van der Waals surface area contributed by atoms with E-state index in [1.807, 2.05) is 18.2 Å². The second-order valence-corrected chi connectivity index (χ2v) is 4.34. The van der Waals surface area contributed by atoms with Crippen LogP contribution in [0.3, 0.4) is 0 Å². The minimum Gasteiger partial charge on any atom is -0.324 e. The fourth-order valence-corrected chi connectivity index (χ4v) is 2.16. The molecule has 2 rings (SSSR count). The molecule has 0 spiro atoms. The van der Waals surface area contributed by atoms with E-state index in [0.29, 0.717) is 0 Å². The first-order valence-corrected chi connectivity index (χ1v) is 6.18. The number of hydrogen-bond donors (Lipinski definition) is 1. The van der Waals surface area contributed by atoms with Crippen molar-refractivity contribution < 1.29 is 0 Å². The van der Waals surface area contributed by atoms with Crippen LogP contribution in [0.15, 0.2) is 54.6 Å². The molecule has 17 heavy (non-hydrogen) atoms. The van der Waals surface area contributed by atoms with Crippen LogP contribution in [0.2, 0.25) is 0 Å². The largest absolute Gasteiger partial charge is 0.324 e. The molecule has 0 aliphatic rings. The van der Waals surface area contributed by atoms with Crippen LogP contribution >= 0.6 is 0 Å². The summed E-state index contributed by atoms with van der Waals surface area (Å²) in [6.45, 7) is 2.19. The molecule has 0 heterocycles. The topological polar surface area (TPSA) is 26.0 Å². The highest BCUT2D eigenvalue weighted by atomic mass is 14.6. The quantitative estimate of drug-likeness (QED) is 0.847. The molecule has 0 bridgehead atoms. The van der Waals surface area contributed by atoms with Crippen LogP contribution in [0.4, 0.5) is 0 Å². The van der Waals surface area contributed by atoms with Gasteiger partial charge in [-0.05, 0) is 29.5 Å². The van der Waals surface area contributed by atoms with E-state index in [-0.39, 0.29) is 6.04 Å². The van der Waals surface area contributed by atoms with Gasteiger partial charge in [0.1, 0.15) is 0 Å². The molecule has 2 N–H and O–H groups in total. The van der Waals surface area contributed by atoms with Gasteiger partial charge in [-0.3, -0.25) is 0 Å². The predicted molar refractivity (Wildman–Crippen MR) is 72.9 cm³/mol. The molecule has 2 aromatic rings. The molecule has 0 fully saturated rings. The fraction of sp³-hybridized carbons (Fsp3) is 0.250. The molecule has 0 saturated heterocycles. The van der Waals surface area contributed by atoms with E-state index in [1.54, 1.807) is 0 Å². The Labute approximate surface area is 103 Å². The molecule has 0 aliphatic carbocycles. The molecule has 1 atom stereocenters. The summed E-state index contributed by atoms with van der Waals surface area (Å²) in [5.41, 5.74) is 10.2. The van der Waals surface area contributed by atoms with Crippen molar-refractivity contribution in [2.24, 2.45) is 5.73 Å². The van der Waals surface area contributed by atoms with Gasteiger partial charge in [0.25, 0.3) is 0 Å². The van der Waals surface area contributed by atoms with Crippen LogP contribution in [-0.2, 0) is 12.8 Å². The molecule has 0 amide bonds. The highest BCUT2D eigenvalue weighted by Crippen LogP contribution is 2.18. The lowest BCUT2D eigenvalue weighted by Crippen LogP contribution is -2.14. The lowest BCUT2D eigenvalue weighted by Gasteiger charge is -2.14. The average molecular weight is 225 g/mol. The number of nitrogens with two attached hydrogens (primary N) is 1. The first-order chi connectivity index (χ1) is 8.31. The molecule has 1 nitrogen and oxygen atoms in total. The molecule has 0 aliphatic heterocycles. The third kappa shape index (κ3) is 2.95. The van der Waals surface area contributed by atoms with E-state index in [1.165, 1.54) is 16.7 Å². The minimum atomic E-state index is 0.0869. The molecule has 0 saturated carbocycles. The van der Waals surface area contributed by atoms with Crippen LogP contribution in [0.1, 0.15) is 29.7 Å². The van der Waals surface area contributed by atoms with Crippen LogP contribution in [-0.4, -0.2) is 0 Å². The summed E-state index contributed by atoms with van der Waals surface area (Å²) in [5, 5.41) is 0. The Kier molecular flexibility index (Phi) is 3.94. The molecule has 2 aromatic carbocycles. The summed E-state index contributed by atoms with van der Waals surface area (Å²) in [5.74, 6) is 0. The van der Waals surface area contributed by atoms with Gasteiger partial charge in [0.05, 0.1) is 0 Å². The summed E-state index contributed by atoms with van der Waals surface area (Å²) in [4.78, 5) is 0. The summed E-state index contributed by atoms with van der Waals surface area (Å²) in [7, 11) is 0. The first-order valence-electron chi connectivity index (χ1n) is 6.18. The molecule has 0 unspecified atom stereocenters. The van der Waals surface area contributed by atoms with Gasteiger partial charge in [0.15, 0.2) is 0 Å². The molecule has 0 aromatic heterocycles. The first kappa shape index (κ1) is 11.9. The number of aryl methyl sites for hydroxylation is 1. The second kappa shape index (κ2) is 5.65. The van der Waals surface area contributed by atoms with Gasteiger partial charge in [-0.25, -0.2) is 0 Å². The van der Waals surface area contributed by atoms with Crippen LogP contribution in [0, 0.1) is 0 Å². The average Bonchev–Trinajstić information content (AvgIpc) is 2.40. The smallest absolute Gasteiger partial charge is 0.0335 e. The van der Waals surface area contributed by atoms with Crippen molar-refractivity contribution in [1.29, 1.82) is 0 Å². The van der Waals surface area contributed by atoms with Gasteiger partial charge in [-0.2, -0.15) is 0 Å². The summed E-state index contributed by atoms with van der Waals surface area (Å²) >= 11 is 0. The second-order valence-electron chi connectivity index (χ2n) is 4.34. The SMILES string of the molecule is CCc1ccccc1C[C@H](N)c1ccccc1. The molecular weight excluding hydrogens is 206 g/mol. The zero-order chi connectivity index (χ0) is 12.1. The predicted octanol–water partition coefficient (Wildman–Crippen LogP) is 3.49. The zero-order valence-corrected chi connectivity index (χ0v) is 10.3. The summed E-state index contributed by atoms with van der Waals surface area (Å²) in [6, 6.07) is 18.9. The normalized spacial score (nSPS) is 12.4. The van der Waals surface area contributed by atoms with Crippen molar-refractivity contribution in [3.63, 3.8) is 0 Å². The Bertz CT molecular complexity index is 462. The Hall–Kier alpha value is -1.60. The Morgan fingerprint density at radius 2 is 1.47 bits per heavy atom. The van der Waals surface area contributed by atoms with Crippen molar-refractivity contribution in [3.05, 3.63) is 71.3 Å². The number of rotatable bonds is 4. The van der Waals surface area contributed by atoms with E-state index in [9.17, 15) is 0 Å². The number of benzene rings is 2. The monoisotopic (exact) mass is 225 g/mol. The van der Waals surface area contributed by atoms with Gasteiger partial charge in [0.2, 0.25) is 0 Å². The standard InChI is InChI=1S/C16H19N/c1-2-13-8-6-7-11-15(13)12-16(17)14-9-4-3-5-10-14/h3-11,16H,2,12,17H2,1H3/t16-/m0/s1. The van der Waals surface area contributed by atoms with Gasteiger partial charge >= 0.3 is 0 Å². The third-order valence-corrected chi connectivity index (χ3v) is 3.17. The summed E-state index contributed by atoms with van der Waals surface area (Å²) < 4.78 is 0. The van der Waals surface area contributed by atoms with E-state index in [2.05, 4.69) is 43.3 Å². The van der Waals surface area contributed by atoms with Crippen molar-refractivity contribution >= 4 is 0 Å². The molecule has 1 heteroatoms. The molecular formula is C16H19N. The molecule has 88 valence electrons. The lowest BCUT2D eigenvalue weighted by molar-refractivity contribution is 0.716. The zero-order valence-electron chi connectivity index (χ0n) is 10.3. The van der Waals surface area contributed by atoms with E-state index in [4.69, 9.17) is 5.73 Å². The maximum Gasteiger partial charge on any atom is 0.0335 e. The van der Waals surface area contributed by atoms with Crippen LogP contribution < -0.4 is 5.73 Å². The van der Waals surface area contributed by atoms with Crippen molar-refractivity contribution in [1.82, 2.24) is 0 Å². The van der Waals surface area contributed by atoms with Gasteiger partial charge < -0.3 is 5.73 Å². The Morgan fingerprint density at radius 3 is 2.12 bits per heavy atom. The Balaban J connectivity index is 2.16. The summed E-state index contributed by atoms with van der Waals surface area (Å²) in [6.07, 6.45) is 1.98. The van der Waals surface area contributed by atoms with E-state index < -0.39 is 0 Å². The van der Waals surface area contributed by atoms with E-state index >= 15 is 0 Å². The van der Waals surface area contributed by atoms with E-state index in [0.717, 1.165) is 12.8 Å². The molecule has 0 radical (unpaired) electrons. The third-order valence-electron chi connectivity index (χ3n) is 3.17. The maximum absolute atomic E-state index is 6.25. The number of hydrogen-bond acceptors (Lipinski definition) is 1. The van der Waals surface area contributed by atoms with Crippen molar-refractivity contribution in [2.75, 3.05) is 0 Å². The van der Waals surface area contributed by atoms with Crippen molar-refractivity contribution in [3.8, 4) is 0 Å². The van der Waals surface area contributed by atoms with Crippen molar-refractivity contribution in [2.45, 2.75) is 25.8 Å². The Morgan fingerprint density at radius 1 is 0.882 bits per heavy atom. The maximum atomic E-state index is 6.25. The van der Waals surface area contributed by atoms with Crippen LogP contribution in [0.25, 0.3) is 0 Å². The lowest BCUT2D eigenvalue weighted by atomic mass is 9.95. The fourth-order valence-electron chi connectivity index (χ4n) is 2.16. The highest BCUT2D eigenvalue weighted by molar-refractivity contribution is 5.30. The van der Waals surface area contributed by atoms with Gasteiger partial charge in [-0.15, -0.1) is 0 Å². The van der Waals surface area contributed by atoms with Gasteiger partial charge in [0, 0.05) is 6.04 Å².